The molecule has 0 heterocycles. The molecule has 0 atom stereocenters. The van der Waals surface area contributed by atoms with Crippen molar-refractivity contribution < 1.29 is 4.92 Å². The molecule has 1 aliphatic rings. The second kappa shape index (κ2) is 6.13. The Balaban J connectivity index is 1.70. The first-order chi connectivity index (χ1) is 10.7. The zero-order chi connectivity index (χ0) is 15.4. The third-order valence-corrected chi connectivity index (χ3v) is 3.37. The molecule has 0 fully saturated rings. The molecule has 2 aromatic carbocycles. The fourth-order valence-corrected chi connectivity index (χ4v) is 2.17. The van der Waals surface area contributed by atoms with E-state index in [1.54, 1.807) is 12.1 Å². The summed E-state index contributed by atoms with van der Waals surface area (Å²) >= 11 is 0. The zero-order valence-electron chi connectivity index (χ0n) is 11.7. The van der Waals surface area contributed by atoms with Gasteiger partial charge in [-0.1, -0.05) is 36.4 Å². The molecule has 0 spiro atoms. The van der Waals surface area contributed by atoms with Crippen molar-refractivity contribution in [2.24, 2.45) is 10.2 Å². The van der Waals surface area contributed by atoms with Crippen molar-refractivity contribution in [3.8, 4) is 0 Å². The van der Waals surface area contributed by atoms with Crippen molar-refractivity contribution in [2.45, 2.75) is 5.92 Å². The molecule has 108 valence electrons. The SMILES string of the molecule is O=[N+]([O-])c1ccc(N=Nc2ccc(C3C=CC=C3)cc2)cc1. The van der Waals surface area contributed by atoms with Gasteiger partial charge in [-0.25, -0.2) is 0 Å². The average Bonchev–Trinajstić information content (AvgIpc) is 3.08. The summed E-state index contributed by atoms with van der Waals surface area (Å²) in [4.78, 5) is 10.1. The Bertz CT molecular complexity index is 747. The molecule has 5 nitrogen and oxygen atoms in total. The van der Waals surface area contributed by atoms with Crippen LogP contribution in [0.1, 0.15) is 11.5 Å². The Morgan fingerprint density at radius 1 is 0.818 bits per heavy atom. The van der Waals surface area contributed by atoms with Crippen LogP contribution in [0.3, 0.4) is 0 Å². The van der Waals surface area contributed by atoms with Crippen LogP contribution in [0.2, 0.25) is 0 Å². The van der Waals surface area contributed by atoms with E-state index in [4.69, 9.17) is 0 Å². The summed E-state index contributed by atoms with van der Waals surface area (Å²) in [5.74, 6) is 0.334. The van der Waals surface area contributed by atoms with Gasteiger partial charge >= 0.3 is 0 Å². The van der Waals surface area contributed by atoms with Crippen LogP contribution in [0.25, 0.3) is 0 Å². The third-order valence-electron chi connectivity index (χ3n) is 3.37. The molecule has 0 saturated carbocycles. The highest BCUT2D eigenvalue weighted by Crippen LogP contribution is 2.26. The molecular weight excluding hydrogens is 278 g/mol. The Morgan fingerprint density at radius 3 is 1.82 bits per heavy atom. The van der Waals surface area contributed by atoms with Crippen LogP contribution in [0.4, 0.5) is 17.1 Å². The predicted octanol–water partition coefficient (Wildman–Crippen LogP) is 5.22. The van der Waals surface area contributed by atoms with Gasteiger partial charge in [-0.05, 0) is 29.8 Å². The van der Waals surface area contributed by atoms with Crippen LogP contribution in [-0.2, 0) is 0 Å². The van der Waals surface area contributed by atoms with Crippen molar-refractivity contribution in [1.29, 1.82) is 0 Å². The standard InChI is InChI=1S/C17H13N3O2/c21-20(22)17-11-9-16(10-12-17)19-18-15-7-5-14(6-8-15)13-3-1-2-4-13/h1-13H. The highest BCUT2D eigenvalue weighted by Gasteiger charge is 2.06. The predicted molar refractivity (Wildman–Crippen MR) is 84.7 cm³/mol. The largest absolute Gasteiger partial charge is 0.269 e. The first-order valence-electron chi connectivity index (χ1n) is 6.83. The molecule has 0 radical (unpaired) electrons. The number of non-ortho nitro benzene ring substituents is 1. The third kappa shape index (κ3) is 3.15. The van der Waals surface area contributed by atoms with Crippen LogP contribution in [-0.4, -0.2) is 4.92 Å². The van der Waals surface area contributed by atoms with E-state index in [0.717, 1.165) is 5.69 Å². The smallest absolute Gasteiger partial charge is 0.258 e. The second-order valence-electron chi connectivity index (χ2n) is 4.86. The quantitative estimate of drug-likeness (QED) is 0.440. The van der Waals surface area contributed by atoms with Crippen LogP contribution >= 0.6 is 0 Å². The number of nitro groups is 1. The van der Waals surface area contributed by atoms with Crippen LogP contribution in [0, 0.1) is 10.1 Å². The van der Waals surface area contributed by atoms with Gasteiger partial charge in [0.15, 0.2) is 0 Å². The summed E-state index contributed by atoms with van der Waals surface area (Å²) in [7, 11) is 0. The van der Waals surface area contributed by atoms with Gasteiger partial charge in [-0.15, -0.1) is 0 Å². The van der Waals surface area contributed by atoms with Crippen LogP contribution < -0.4 is 0 Å². The van der Waals surface area contributed by atoms with Gasteiger partial charge in [-0.3, -0.25) is 10.1 Å². The van der Waals surface area contributed by atoms with E-state index in [-0.39, 0.29) is 5.69 Å². The molecule has 0 saturated heterocycles. The lowest BCUT2D eigenvalue weighted by Gasteiger charge is -2.05. The molecule has 3 rings (SSSR count). The van der Waals surface area contributed by atoms with E-state index in [1.165, 1.54) is 17.7 Å². The van der Waals surface area contributed by atoms with Crippen molar-refractivity contribution in [1.82, 2.24) is 0 Å². The fourth-order valence-electron chi connectivity index (χ4n) is 2.17. The maximum absolute atomic E-state index is 10.6. The molecule has 22 heavy (non-hydrogen) atoms. The molecule has 0 bridgehead atoms. The molecule has 5 heteroatoms. The van der Waals surface area contributed by atoms with Gasteiger partial charge in [0.1, 0.15) is 0 Å². The molecular formula is C17H13N3O2. The van der Waals surface area contributed by atoms with Gasteiger partial charge in [0.2, 0.25) is 0 Å². The number of azo groups is 1. The summed E-state index contributed by atoms with van der Waals surface area (Å²) in [5.41, 5.74) is 2.57. The molecule has 2 aromatic rings. The molecule has 0 amide bonds. The molecule has 0 N–H and O–H groups in total. The molecule has 0 aliphatic heterocycles. The number of nitro benzene ring substituents is 1. The number of hydrogen-bond donors (Lipinski definition) is 0. The van der Waals surface area contributed by atoms with Gasteiger partial charge in [-0.2, -0.15) is 10.2 Å². The minimum Gasteiger partial charge on any atom is -0.258 e. The van der Waals surface area contributed by atoms with Gasteiger partial charge in [0, 0.05) is 18.1 Å². The minimum absolute atomic E-state index is 0.0426. The van der Waals surface area contributed by atoms with Gasteiger partial charge in [0.05, 0.1) is 16.3 Å². The monoisotopic (exact) mass is 291 g/mol. The van der Waals surface area contributed by atoms with Crippen molar-refractivity contribution >= 4 is 17.1 Å². The average molecular weight is 291 g/mol. The highest BCUT2D eigenvalue weighted by atomic mass is 16.6. The number of allylic oxidation sites excluding steroid dienone is 4. The summed E-state index contributed by atoms with van der Waals surface area (Å²) in [6, 6.07) is 13.8. The lowest BCUT2D eigenvalue weighted by atomic mass is 10.0. The number of rotatable bonds is 4. The number of benzene rings is 2. The van der Waals surface area contributed by atoms with Gasteiger partial charge in [0.25, 0.3) is 5.69 Å². The number of nitrogens with zero attached hydrogens (tertiary/aromatic N) is 3. The molecule has 1 aliphatic carbocycles. The maximum atomic E-state index is 10.6. The van der Waals surface area contributed by atoms with Crippen molar-refractivity contribution in [3.63, 3.8) is 0 Å². The van der Waals surface area contributed by atoms with E-state index < -0.39 is 4.92 Å². The van der Waals surface area contributed by atoms with E-state index in [2.05, 4.69) is 22.4 Å². The minimum atomic E-state index is -0.439. The van der Waals surface area contributed by atoms with Gasteiger partial charge < -0.3 is 0 Å². The topological polar surface area (TPSA) is 67.9 Å². The lowest BCUT2D eigenvalue weighted by molar-refractivity contribution is -0.384. The summed E-state index contributed by atoms with van der Waals surface area (Å²) < 4.78 is 0. The number of hydrogen-bond acceptors (Lipinski definition) is 4. The Hall–Kier alpha value is -3.08. The van der Waals surface area contributed by atoms with E-state index in [0.29, 0.717) is 11.6 Å². The zero-order valence-corrected chi connectivity index (χ0v) is 11.7. The Morgan fingerprint density at radius 2 is 1.32 bits per heavy atom. The fraction of sp³-hybridized carbons (Fsp3) is 0.0588. The normalized spacial score (nSPS) is 14.0. The summed E-state index contributed by atoms with van der Waals surface area (Å²) in [6.45, 7) is 0. The summed E-state index contributed by atoms with van der Waals surface area (Å²) in [6.07, 6.45) is 8.33. The first kappa shape index (κ1) is 13.9. The van der Waals surface area contributed by atoms with Crippen LogP contribution in [0.5, 0.6) is 0 Å². The summed E-state index contributed by atoms with van der Waals surface area (Å²) in [5, 5.41) is 18.8. The van der Waals surface area contributed by atoms with Crippen LogP contribution in [0.15, 0.2) is 83.1 Å². The van der Waals surface area contributed by atoms with Crippen molar-refractivity contribution in [3.05, 3.63) is 88.5 Å². The van der Waals surface area contributed by atoms with E-state index in [9.17, 15) is 10.1 Å². The molecule has 0 unspecified atom stereocenters. The van der Waals surface area contributed by atoms with E-state index in [1.807, 2.05) is 36.4 Å². The Kier molecular flexibility index (Phi) is 3.87. The highest BCUT2D eigenvalue weighted by molar-refractivity contribution is 5.46. The lowest BCUT2D eigenvalue weighted by Crippen LogP contribution is -1.86. The van der Waals surface area contributed by atoms with E-state index >= 15 is 0 Å². The molecule has 0 aromatic heterocycles. The second-order valence-corrected chi connectivity index (χ2v) is 4.86. The maximum Gasteiger partial charge on any atom is 0.269 e. The van der Waals surface area contributed by atoms with Crippen molar-refractivity contribution in [2.75, 3.05) is 0 Å². The Labute approximate surface area is 127 Å². The first-order valence-corrected chi connectivity index (χ1v) is 6.83.